The molecule has 1 saturated heterocycles. The van der Waals surface area contributed by atoms with E-state index in [0.717, 1.165) is 0 Å². The van der Waals surface area contributed by atoms with E-state index in [1.807, 2.05) is 0 Å². The SMILES string of the molecule is OC1(CNc2ncc[nH]2)CNC1. The molecule has 2 rings (SSSR count). The molecule has 0 spiro atoms. The average Bonchev–Trinajstić information content (AvgIpc) is 2.49. The van der Waals surface area contributed by atoms with Gasteiger partial charge in [0.05, 0.1) is 0 Å². The minimum atomic E-state index is -0.590. The van der Waals surface area contributed by atoms with Gasteiger partial charge in [0.15, 0.2) is 5.95 Å². The number of nitrogens with one attached hydrogen (secondary N) is 3. The third kappa shape index (κ3) is 1.41. The van der Waals surface area contributed by atoms with E-state index in [0.29, 0.717) is 25.6 Å². The molecular formula is C7H12N4O. The molecule has 2 heterocycles. The Kier molecular flexibility index (Phi) is 1.74. The number of hydrogen-bond donors (Lipinski definition) is 4. The smallest absolute Gasteiger partial charge is 0.200 e. The number of aliphatic hydroxyl groups is 1. The van der Waals surface area contributed by atoms with Gasteiger partial charge >= 0.3 is 0 Å². The molecule has 1 aliphatic heterocycles. The van der Waals surface area contributed by atoms with Crippen molar-refractivity contribution in [2.45, 2.75) is 5.60 Å². The zero-order valence-corrected chi connectivity index (χ0v) is 6.67. The maximum absolute atomic E-state index is 9.64. The minimum absolute atomic E-state index is 0.535. The number of aromatic amines is 1. The summed E-state index contributed by atoms with van der Waals surface area (Å²) in [5.74, 6) is 0.704. The standard InChI is InChI=1S/C7H12N4O/c12-7(3-8-4-7)5-11-6-9-1-2-10-6/h1-2,8,12H,3-5H2,(H2,9,10,11). The molecule has 0 unspecified atom stereocenters. The number of hydrogen-bond acceptors (Lipinski definition) is 4. The molecule has 1 aromatic heterocycles. The van der Waals surface area contributed by atoms with Crippen LogP contribution < -0.4 is 10.6 Å². The molecule has 5 heteroatoms. The van der Waals surface area contributed by atoms with Crippen LogP contribution in [0.2, 0.25) is 0 Å². The molecular weight excluding hydrogens is 156 g/mol. The molecule has 0 radical (unpaired) electrons. The predicted octanol–water partition coefficient (Wildman–Crippen LogP) is -0.844. The highest BCUT2D eigenvalue weighted by molar-refractivity contribution is 5.24. The van der Waals surface area contributed by atoms with Crippen molar-refractivity contribution in [2.24, 2.45) is 0 Å². The van der Waals surface area contributed by atoms with Crippen LogP contribution in [0.3, 0.4) is 0 Å². The third-order valence-corrected chi connectivity index (χ3v) is 1.99. The monoisotopic (exact) mass is 168 g/mol. The third-order valence-electron chi connectivity index (χ3n) is 1.99. The lowest BCUT2D eigenvalue weighted by atomic mass is 9.98. The molecule has 12 heavy (non-hydrogen) atoms. The average molecular weight is 168 g/mol. The normalized spacial score (nSPS) is 20.1. The molecule has 0 saturated carbocycles. The van der Waals surface area contributed by atoms with Crippen molar-refractivity contribution in [3.63, 3.8) is 0 Å². The molecule has 0 bridgehead atoms. The summed E-state index contributed by atoms with van der Waals surface area (Å²) < 4.78 is 0. The minimum Gasteiger partial charge on any atom is -0.385 e. The zero-order valence-electron chi connectivity index (χ0n) is 6.67. The molecule has 1 aromatic rings. The molecule has 1 aliphatic rings. The maximum Gasteiger partial charge on any atom is 0.200 e. The highest BCUT2D eigenvalue weighted by atomic mass is 16.3. The maximum atomic E-state index is 9.64. The number of anilines is 1. The van der Waals surface area contributed by atoms with Crippen molar-refractivity contribution in [2.75, 3.05) is 25.0 Å². The Morgan fingerprint density at radius 3 is 3.00 bits per heavy atom. The first-order valence-corrected chi connectivity index (χ1v) is 3.95. The van der Waals surface area contributed by atoms with Crippen molar-refractivity contribution in [1.29, 1.82) is 0 Å². The van der Waals surface area contributed by atoms with Crippen LogP contribution >= 0.6 is 0 Å². The highest BCUT2D eigenvalue weighted by Gasteiger charge is 2.33. The van der Waals surface area contributed by atoms with E-state index in [4.69, 9.17) is 0 Å². The Morgan fingerprint density at radius 2 is 2.50 bits per heavy atom. The molecule has 4 N–H and O–H groups in total. The Bertz CT molecular complexity index is 242. The Morgan fingerprint density at radius 1 is 1.67 bits per heavy atom. The lowest BCUT2D eigenvalue weighted by Gasteiger charge is -2.37. The fraction of sp³-hybridized carbons (Fsp3) is 0.571. The van der Waals surface area contributed by atoms with Gasteiger partial charge in [-0.1, -0.05) is 0 Å². The molecule has 66 valence electrons. The summed E-state index contributed by atoms with van der Waals surface area (Å²) in [5.41, 5.74) is -0.590. The molecule has 0 aliphatic carbocycles. The van der Waals surface area contributed by atoms with Crippen LogP contribution in [-0.4, -0.2) is 40.3 Å². The summed E-state index contributed by atoms with van der Waals surface area (Å²) in [7, 11) is 0. The van der Waals surface area contributed by atoms with E-state index < -0.39 is 5.60 Å². The fourth-order valence-corrected chi connectivity index (χ4v) is 1.15. The van der Waals surface area contributed by atoms with Crippen LogP contribution in [0.25, 0.3) is 0 Å². The van der Waals surface area contributed by atoms with Gasteiger partial charge in [0.2, 0.25) is 0 Å². The predicted molar refractivity (Wildman–Crippen MR) is 44.9 cm³/mol. The van der Waals surface area contributed by atoms with Crippen LogP contribution in [0.15, 0.2) is 12.4 Å². The number of nitrogens with zero attached hydrogens (tertiary/aromatic N) is 1. The van der Waals surface area contributed by atoms with Gasteiger partial charge in [0.1, 0.15) is 5.60 Å². The largest absolute Gasteiger partial charge is 0.385 e. The van der Waals surface area contributed by atoms with Crippen molar-refractivity contribution < 1.29 is 5.11 Å². The van der Waals surface area contributed by atoms with Crippen LogP contribution in [0.1, 0.15) is 0 Å². The van der Waals surface area contributed by atoms with Crippen LogP contribution in [0, 0.1) is 0 Å². The first kappa shape index (κ1) is 7.57. The second-order valence-corrected chi connectivity index (χ2v) is 3.12. The van der Waals surface area contributed by atoms with Gasteiger partial charge in [-0.3, -0.25) is 0 Å². The summed E-state index contributed by atoms with van der Waals surface area (Å²) in [4.78, 5) is 6.88. The summed E-state index contributed by atoms with van der Waals surface area (Å²) in [6.07, 6.45) is 3.41. The topological polar surface area (TPSA) is 73.0 Å². The second kappa shape index (κ2) is 2.76. The van der Waals surface area contributed by atoms with E-state index in [1.54, 1.807) is 12.4 Å². The van der Waals surface area contributed by atoms with E-state index in [2.05, 4.69) is 20.6 Å². The first-order valence-electron chi connectivity index (χ1n) is 3.95. The lowest BCUT2D eigenvalue weighted by Crippen LogP contribution is -2.63. The van der Waals surface area contributed by atoms with Gasteiger partial charge in [-0.15, -0.1) is 0 Å². The quantitative estimate of drug-likeness (QED) is 0.474. The van der Waals surface area contributed by atoms with Crippen LogP contribution in [-0.2, 0) is 0 Å². The van der Waals surface area contributed by atoms with Gasteiger partial charge < -0.3 is 20.7 Å². The van der Waals surface area contributed by atoms with Crippen LogP contribution in [0.4, 0.5) is 5.95 Å². The van der Waals surface area contributed by atoms with E-state index in [9.17, 15) is 5.11 Å². The van der Waals surface area contributed by atoms with Crippen molar-refractivity contribution >= 4 is 5.95 Å². The van der Waals surface area contributed by atoms with Crippen LogP contribution in [0.5, 0.6) is 0 Å². The van der Waals surface area contributed by atoms with Gasteiger partial charge in [-0.2, -0.15) is 0 Å². The van der Waals surface area contributed by atoms with Crippen molar-refractivity contribution in [3.8, 4) is 0 Å². The number of β-amino-alcohol motifs (C(OH)–C–C–N with tert-alkyl or cyclic N) is 1. The molecule has 5 nitrogen and oxygen atoms in total. The number of H-pyrrole nitrogens is 1. The summed E-state index contributed by atoms with van der Waals surface area (Å²) in [6.45, 7) is 1.84. The van der Waals surface area contributed by atoms with E-state index in [1.165, 1.54) is 0 Å². The Balaban J connectivity index is 1.82. The zero-order chi connectivity index (χ0) is 8.44. The van der Waals surface area contributed by atoms with E-state index in [-0.39, 0.29) is 0 Å². The lowest BCUT2D eigenvalue weighted by molar-refractivity contribution is 0.00300. The summed E-state index contributed by atoms with van der Waals surface area (Å²) >= 11 is 0. The molecule has 0 atom stereocenters. The summed E-state index contributed by atoms with van der Waals surface area (Å²) in [5, 5.41) is 15.7. The Labute approximate surface area is 70.2 Å². The molecule has 0 amide bonds. The number of rotatable bonds is 3. The Hall–Kier alpha value is -1.07. The van der Waals surface area contributed by atoms with Gasteiger partial charge in [-0.05, 0) is 0 Å². The second-order valence-electron chi connectivity index (χ2n) is 3.12. The molecule has 1 fully saturated rings. The highest BCUT2D eigenvalue weighted by Crippen LogP contribution is 2.10. The fourth-order valence-electron chi connectivity index (χ4n) is 1.15. The van der Waals surface area contributed by atoms with Gasteiger partial charge in [-0.25, -0.2) is 4.98 Å². The van der Waals surface area contributed by atoms with Crippen molar-refractivity contribution in [3.05, 3.63) is 12.4 Å². The first-order chi connectivity index (χ1) is 5.79. The van der Waals surface area contributed by atoms with Gasteiger partial charge in [0.25, 0.3) is 0 Å². The van der Waals surface area contributed by atoms with Crippen molar-refractivity contribution in [1.82, 2.24) is 15.3 Å². The number of imidazole rings is 1. The summed E-state index contributed by atoms with van der Waals surface area (Å²) in [6, 6.07) is 0. The molecule has 0 aromatic carbocycles. The van der Waals surface area contributed by atoms with E-state index >= 15 is 0 Å². The number of aromatic nitrogens is 2. The van der Waals surface area contributed by atoms with Gasteiger partial charge in [0, 0.05) is 32.0 Å².